The number of benzene rings is 1. The Bertz CT molecular complexity index is 1040. The molecule has 2 aliphatic heterocycles. The predicted molar refractivity (Wildman–Crippen MR) is 106 cm³/mol. The molecule has 4 heterocycles. The van der Waals surface area contributed by atoms with Crippen molar-refractivity contribution in [3.63, 3.8) is 0 Å². The van der Waals surface area contributed by atoms with E-state index in [4.69, 9.17) is 0 Å². The van der Waals surface area contributed by atoms with Gasteiger partial charge in [-0.05, 0) is 43.0 Å². The van der Waals surface area contributed by atoms with Crippen LogP contribution in [0.1, 0.15) is 31.0 Å². The Kier molecular flexibility index (Phi) is 3.62. The standard InChI is InChI=1S/C22H24N4O/c1-25-12-10-22(21(25)27)9-7-18(24-22)19-13-15(8-11-23-19)17-14-26(2)20-6-4-3-5-16(17)20/h3-6,8,11,13-14,18,24H,7,9-10,12H2,1-2H3/t18-,22+/m1/s1. The van der Waals surface area contributed by atoms with Crippen LogP contribution >= 0.6 is 0 Å². The van der Waals surface area contributed by atoms with Gasteiger partial charge in [0.05, 0.1) is 11.7 Å². The normalized spacial score (nSPS) is 25.2. The number of carbonyl (C=O) groups is 1. The summed E-state index contributed by atoms with van der Waals surface area (Å²) in [7, 11) is 3.98. The Labute approximate surface area is 159 Å². The third kappa shape index (κ3) is 2.49. The van der Waals surface area contributed by atoms with Crippen molar-refractivity contribution in [2.75, 3.05) is 13.6 Å². The van der Waals surface area contributed by atoms with E-state index in [9.17, 15) is 4.79 Å². The first-order chi connectivity index (χ1) is 13.1. The van der Waals surface area contributed by atoms with Crippen LogP contribution in [0.3, 0.4) is 0 Å². The number of nitrogens with one attached hydrogen (secondary N) is 1. The number of likely N-dealkylation sites (N-methyl/N-ethyl adjacent to an activating group) is 1. The fourth-order valence-corrected chi connectivity index (χ4v) is 4.77. The summed E-state index contributed by atoms with van der Waals surface area (Å²) < 4.78 is 2.17. The number of hydrogen-bond donors (Lipinski definition) is 1. The monoisotopic (exact) mass is 360 g/mol. The van der Waals surface area contributed by atoms with Crippen molar-refractivity contribution in [1.82, 2.24) is 19.8 Å². The van der Waals surface area contributed by atoms with Crippen LogP contribution in [0, 0.1) is 0 Å². The number of carbonyl (C=O) groups excluding carboxylic acids is 1. The summed E-state index contributed by atoms with van der Waals surface area (Å²) in [5.41, 5.74) is 4.27. The number of aromatic nitrogens is 2. The molecule has 1 aromatic carbocycles. The molecule has 27 heavy (non-hydrogen) atoms. The van der Waals surface area contributed by atoms with E-state index in [1.54, 1.807) is 0 Å². The van der Waals surface area contributed by atoms with Crippen molar-refractivity contribution in [3.8, 4) is 11.1 Å². The first kappa shape index (κ1) is 16.5. The van der Waals surface area contributed by atoms with Crippen LogP contribution in [0.15, 0.2) is 48.8 Å². The number of amides is 1. The summed E-state index contributed by atoms with van der Waals surface area (Å²) in [6.07, 6.45) is 6.80. The van der Waals surface area contributed by atoms with Crippen LogP contribution in [0.2, 0.25) is 0 Å². The fourth-order valence-electron chi connectivity index (χ4n) is 4.77. The molecule has 2 aromatic heterocycles. The van der Waals surface area contributed by atoms with Gasteiger partial charge in [0, 0.05) is 49.5 Å². The second-order valence-corrected chi connectivity index (χ2v) is 7.93. The molecule has 5 heteroatoms. The molecule has 1 spiro atoms. The van der Waals surface area contributed by atoms with Gasteiger partial charge in [-0.1, -0.05) is 18.2 Å². The van der Waals surface area contributed by atoms with Crippen LogP contribution in [-0.4, -0.2) is 39.5 Å². The minimum absolute atomic E-state index is 0.135. The van der Waals surface area contributed by atoms with Gasteiger partial charge in [0.1, 0.15) is 5.54 Å². The van der Waals surface area contributed by atoms with Crippen molar-refractivity contribution in [2.45, 2.75) is 30.8 Å². The van der Waals surface area contributed by atoms with Crippen LogP contribution < -0.4 is 5.32 Å². The number of aryl methyl sites for hydroxylation is 1. The minimum atomic E-state index is -0.378. The third-order valence-electron chi connectivity index (χ3n) is 6.29. The number of pyridine rings is 1. The number of hydrogen-bond acceptors (Lipinski definition) is 3. The SMILES string of the molecule is CN1CC[C@@]2(CC[C@H](c3cc(-c4cn(C)c5ccccc45)ccn3)N2)C1=O. The van der Waals surface area contributed by atoms with Gasteiger partial charge in [0.2, 0.25) is 5.91 Å². The summed E-state index contributed by atoms with van der Waals surface area (Å²) in [4.78, 5) is 19.1. The van der Waals surface area contributed by atoms with Crippen LogP contribution in [0.4, 0.5) is 0 Å². The van der Waals surface area contributed by atoms with Gasteiger partial charge in [-0.15, -0.1) is 0 Å². The first-order valence-electron chi connectivity index (χ1n) is 9.61. The average Bonchev–Trinajstić information content (AvgIpc) is 3.36. The van der Waals surface area contributed by atoms with E-state index >= 15 is 0 Å². The van der Waals surface area contributed by atoms with Crippen molar-refractivity contribution >= 4 is 16.8 Å². The van der Waals surface area contributed by atoms with Crippen molar-refractivity contribution < 1.29 is 4.79 Å². The Morgan fingerprint density at radius 1 is 1.19 bits per heavy atom. The van der Waals surface area contributed by atoms with Crippen molar-refractivity contribution in [1.29, 1.82) is 0 Å². The Morgan fingerprint density at radius 3 is 2.85 bits per heavy atom. The molecule has 0 radical (unpaired) electrons. The molecule has 2 saturated heterocycles. The zero-order chi connectivity index (χ0) is 18.6. The molecule has 2 fully saturated rings. The van der Waals surface area contributed by atoms with Gasteiger partial charge >= 0.3 is 0 Å². The lowest BCUT2D eigenvalue weighted by atomic mass is 9.96. The van der Waals surface area contributed by atoms with E-state index in [0.29, 0.717) is 0 Å². The maximum atomic E-state index is 12.6. The lowest BCUT2D eigenvalue weighted by Crippen LogP contribution is -2.47. The van der Waals surface area contributed by atoms with Crippen LogP contribution in [-0.2, 0) is 11.8 Å². The molecule has 3 aromatic rings. The Morgan fingerprint density at radius 2 is 2.04 bits per heavy atom. The topological polar surface area (TPSA) is 50.2 Å². The highest BCUT2D eigenvalue weighted by molar-refractivity contribution is 5.96. The van der Waals surface area contributed by atoms with Gasteiger partial charge in [0.15, 0.2) is 0 Å². The van der Waals surface area contributed by atoms with Gasteiger partial charge in [-0.2, -0.15) is 0 Å². The van der Waals surface area contributed by atoms with Crippen LogP contribution in [0.5, 0.6) is 0 Å². The zero-order valence-electron chi connectivity index (χ0n) is 15.8. The van der Waals surface area contributed by atoms with E-state index in [2.05, 4.69) is 64.5 Å². The third-order valence-corrected chi connectivity index (χ3v) is 6.29. The summed E-state index contributed by atoms with van der Waals surface area (Å²) in [5.74, 6) is 0.232. The second kappa shape index (κ2) is 5.92. The molecule has 2 aliphatic rings. The molecule has 0 aliphatic carbocycles. The molecule has 138 valence electrons. The number of rotatable bonds is 2. The predicted octanol–water partition coefficient (Wildman–Crippen LogP) is 3.27. The molecule has 1 N–H and O–H groups in total. The molecule has 5 rings (SSSR count). The Balaban J connectivity index is 1.49. The summed E-state index contributed by atoms with van der Waals surface area (Å²) in [5, 5.41) is 4.88. The van der Waals surface area contributed by atoms with Crippen LogP contribution in [0.25, 0.3) is 22.0 Å². The first-order valence-corrected chi connectivity index (χ1v) is 9.61. The molecular weight excluding hydrogens is 336 g/mol. The molecule has 1 amide bonds. The number of fused-ring (bicyclic) bond motifs is 1. The molecular formula is C22H24N4O. The van der Waals surface area contributed by atoms with E-state index < -0.39 is 0 Å². The highest BCUT2D eigenvalue weighted by Gasteiger charge is 2.50. The summed E-state index contributed by atoms with van der Waals surface area (Å²) in [6, 6.07) is 12.9. The maximum Gasteiger partial charge on any atom is 0.242 e. The Hall–Kier alpha value is -2.66. The quantitative estimate of drug-likeness (QED) is 0.763. The lowest BCUT2D eigenvalue weighted by Gasteiger charge is -2.23. The van der Waals surface area contributed by atoms with Gasteiger partial charge < -0.3 is 9.47 Å². The van der Waals surface area contributed by atoms with E-state index in [-0.39, 0.29) is 17.5 Å². The molecule has 0 bridgehead atoms. The van der Waals surface area contributed by atoms with Gasteiger partial charge in [-0.3, -0.25) is 15.1 Å². The van der Waals surface area contributed by atoms with Gasteiger partial charge in [-0.25, -0.2) is 0 Å². The smallest absolute Gasteiger partial charge is 0.242 e. The summed E-state index contributed by atoms with van der Waals surface area (Å²) in [6.45, 7) is 0.835. The minimum Gasteiger partial charge on any atom is -0.350 e. The number of nitrogens with zero attached hydrogens (tertiary/aromatic N) is 3. The molecule has 5 nitrogen and oxygen atoms in total. The largest absolute Gasteiger partial charge is 0.350 e. The number of para-hydroxylation sites is 1. The lowest BCUT2D eigenvalue weighted by molar-refractivity contribution is -0.131. The second-order valence-electron chi connectivity index (χ2n) is 7.93. The van der Waals surface area contributed by atoms with E-state index in [1.165, 1.54) is 22.0 Å². The maximum absolute atomic E-state index is 12.6. The average molecular weight is 360 g/mol. The van der Waals surface area contributed by atoms with E-state index in [0.717, 1.165) is 31.5 Å². The highest BCUT2D eigenvalue weighted by Crippen LogP contribution is 2.39. The molecule has 0 saturated carbocycles. The highest BCUT2D eigenvalue weighted by atomic mass is 16.2. The van der Waals surface area contributed by atoms with Gasteiger partial charge in [0.25, 0.3) is 0 Å². The van der Waals surface area contributed by atoms with E-state index in [1.807, 2.05) is 18.1 Å². The number of likely N-dealkylation sites (tertiary alicyclic amines) is 1. The fraction of sp³-hybridized carbons (Fsp3) is 0.364. The molecule has 0 unspecified atom stereocenters. The zero-order valence-corrected chi connectivity index (χ0v) is 15.8. The van der Waals surface area contributed by atoms with Crippen molar-refractivity contribution in [2.24, 2.45) is 7.05 Å². The summed E-state index contributed by atoms with van der Waals surface area (Å²) >= 11 is 0. The van der Waals surface area contributed by atoms with Crippen molar-refractivity contribution in [3.05, 3.63) is 54.5 Å². The molecule has 2 atom stereocenters.